The first-order valence-corrected chi connectivity index (χ1v) is 11.5. The van der Waals surface area contributed by atoms with Crippen molar-refractivity contribution in [2.75, 3.05) is 7.05 Å². The molecule has 2 amide bonds. The Kier molecular flexibility index (Phi) is 6.63. The van der Waals surface area contributed by atoms with E-state index in [2.05, 4.69) is 22.9 Å². The molecule has 4 unspecified atom stereocenters. The Bertz CT molecular complexity index is 906. The number of likely N-dealkylation sites (N-methyl/N-ethyl adjacent to an activating group) is 1. The second kappa shape index (κ2) is 9.41. The molecule has 2 saturated carbocycles. The van der Waals surface area contributed by atoms with E-state index < -0.39 is 0 Å². The first-order chi connectivity index (χ1) is 15.0. The Balaban J connectivity index is 1.34. The standard InChI is InChI=1S/C25H30ClN3O2/c1-3-21(29-24(30)16-9-11-17(26)12-10-16)22-19-13-18(14-20(19)22)28-23(25(31)27-2)15-7-5-4-6-8-15/h4-12,18-23,28H,3,13-14H2,1-2H3,(H,27,31)(H,29,30)/t18?,19-,20+,21?,22?,23?. The molecule has 0 saturated heterocycles. The molecule has 0 radical (unpaired) electrons. The summed E-state index contributed by atoms with van der Waals surface area (Å²) in [7, 11) is 1.68. The van der Waals surface area contributed by atoms with Gasteiger partial charge in [0.15, 0.2) is 0 Å². The van der Waals surface area contributed by atoms with E-state index in [9.17, 15) is 9.59 Å². The van der Waals surface area contributed by atoms with Crippen molar-refractivity contribution in [3.63, 3.8) is 0 Å². The molecule has 2 fully saturated rings. The van der Waals surface area contributed by atoms with E-state index >= 15 is 0 Å². The van der Waals surface area contributed by atoms with Crippen LogP contribution in [0.15, 0.2) is 54.6 Å². The first kappa shape index (κ1) is 21.8. The van der Waals surface area contributed by atoms with Gasteiger partial charge in [0.2, 0.25) is 5.91 Å². The van der Waals surface area contributed by atoms with Gasteiger partial charge in [-0.2, -0.15) is 0 Å². The number of fused-ring (bicyclic) bond motifs is 1. The van der Waals surface area contributed by atoms with Crippen LogP contribution in [0.1, 0.15) is 48.1 Å². The lowest BCUT2D eigenvalue weighted by Gasteiger charge is -2.26. The highest BCUT2D eigenvalue weighted by molar-refractivity contribution is 6.30. The second-order valence-corrected chi connectivity index (χ2v) is 9.13. The fraction of sp³-hybridized carbons (Fsp3) is 0.440. The van der Waals surface area contributed by atoms with Crippen molar-refractivity contribution in [2.45, 2.75) is 44.3 Å². The van der Waals surface area contributed by atoms with Crippen LogP contribution < -0.4 is 16.0 Å². The number of hydrogen-bond donors (Lipinski definition) is 3. The van der Waals surface area contributed by atoms with Crippen molar-refractivity contribution < 1.29 is 9.59 Å². The maximum absolute atomic E-state index is 12.6. The van der Waals surface area contributed by atoms with Crippen molar-refractivity contribution in [3.05, 3.63) is 70.7 Å². The molecular weight excluding hydrogens is 410 g/mol. The van der Waals surface area contributed by atoms with Gasteiger partial charge >= 0.3 is 0 Å². The minimum Gasteiger partial charge on any atom is -0.358 e. The van der Waals surface area contributed by atoms with Crippen LogP contribution in [-0.4, -0.2) is 30.9 Å². The molecule has 0 heterocycles. The molecule has 0 aromatic heterocycles. The number of amides is 2. The normalized spacial score (nSPS) is 25.9. The Morgan fingerprint density at radius 3 is 2.26 bits per heavy atom. The summed E-state index contributed by atoms with van der Waals surface area (Å²) in [5.74, 6) is 1.69. The fourth-order valence-corrected chi connectivity index (χ4v) is 5.42. The van der Waals surface area contributed by atoms with Gasteiger partial charge in [0.1, 0.15) is 6.04 Å². The molecule has 0 aliphatic heterocycles. The molecule has 31 heavy (non-hydrogen) atoms. The monoisotopic (exact) mass is 439 g/mol. The molecule has 0 bridgehead atoms. The molecule has 164 valence electrons. The van der Waals surface area contributed by atoms with Gasteiger partial charge < -0.3 is 10.6 Å². The predicted octanol–water partition coefficient (Wildman–Crippen LogP) is 3.95. The van der Waals surface area contributed by atoms with Gasteiger partial charge in [-0.15, -0.1) is 0 Å². The van der Waals surface area contributed by atoms with Crippen molar-refractivity contribution in [2.24, 2.45) is 17.8 Å². The van der Waals surface area contributed by atoms with Gasteiger partial charge in [-0.05, 0) is 66.8 Å². The summed E-state index contributed by atoms with van der Waals surface area (Å²) in [6.07, 6.45) is 3.01. The summed E-state index contributed by atoms with van der Waals surface area (Å²) in [4.78, 5) is 25.1. The number of nitrogens with one attached hydrogen (secondary N) is 3. The zero-order valence-corrected chi connectivity index (χ0v) is 18.7. The van der Waals surface area contributed by atoms with E-state index in [-0.39, 0.29) is 23.9 Å². The van der Waals surface area contributed by atoms with Gasteiger partial charge in [0.05, 0.1) is 0 Å². The van der Waals surface area contributed by atoms with Crippen LogP contribution >= 0.6 is 11.6 Å². The van der Waals surface area contributed by atoms with Crippen LogP contribution in [0.4, 0.5) is 0 Å². The van der Waals surface area contributed by atoms with E-state index in [0.717, 1.165) is 24.8 Å². The second-order valence-electron chi connectivity index (χ2n) is 8.69. The summed E-state index contributed by atoms with van der Waals surface area (Å²) >= 11 is 5.93. The van der Waals surface area contributed by atoms with Crippen molar-refractivity contribution in [1.29, 1.82) is 0 Å². The third kappa shape index (κ3) is 4.78. The molecule has 2 aliphatic carbocycles. The first-order valence-electron chi connectivity index (χ1n) is 11.1. The van der Waals surface area contributed by atoms with E-state index in [1.807, 2.05) is 30.3 Å². The summed E-state index contributed by atoms with van der Waals surface area (Å²) in [6.45, 7) is 2.13. The predicted molar refractivity (Wildman–Crippen MR) is 123 cm³/mol. The topological polar surface area (TPSA) is 70.2 Å². The quantitative estimate of drug-likeness (QED) is 0.583. The maximum atomic E-state index is 12.6. The SMILES string of the molecule is CCC(NC(=O)c1ccc(Cl)cc1)C1[C@H]2CC(NC(C(=O)NC)c3ccccc3)C[C@@H]12. The fourth-order valence-electron chi connectivity index (χ4n) is 5.30. The molecular formula is C25H30ClN3O2. The van der Waals surface area contributed by atoms with Crippen LogP contribution in [0.2, 0.25) is 5.02 Å². The number of carbonyl (C=O) groups is 2. The van der Waals surface area contributed by atoms with Gasteiger partial charge in [-0.3, -0.25) is 14.9 Å². The van der Waals surface area contributed by atoms with E-state index in [0.29, 0.717) is 34.4 Å². The smallest absolute Gasteiger partial charge is 0.251 e. The Hall–Kier alpha value is -2.37. The summed E-state index contributed by atoms with van der Waals surface area (Å²) in [5.41, 5.74) is 1.63. The van der Waals surface area contributed by atoms with Crippen LogP contribution in [0.5, 0.6) is 0 Å². The highest BCUT2D eigenvalue weighted by Gasteiger charge is 2.58. The molecule has 2 aliphatic rings. The highest BCUT2D eigenvalue weighted by Crippen LogP contribution is 2.59. The van der Waals surface area contributed by atoms with Gasteiger partial charge in [-0.1, -0.05) is 48.9 Å². The average Bonchev–Trinajstić information content (AvgIpc) is 3.29. The molecule has 6 atom stereocenters. The van der Waals surface area contributed by atoms with Crippen LogP contribution in [-0.2, 0) is 4.79 Å². The number of hydrogen-bond acceptors (Lipinski definition) is 3. The van der Waals surface area contributed by atoms with Crippen LogP contribution in [0, 0.1) is 17.8 Å². The van der Waals surface area contributed by atoms with Crippen LogP contribution in [0.25, 0.3) is 0 Å². The molecule has 4 rings (SSSR count). The largest absolute Gasteiger partial charge is 0.358 e. The van der Waals surface area contributed by atoms with Gasteiger partial charge in [0.25, 0.3) is 5.91 Å². The number of halogens is 1. The molecule has 3 N–H and O–H groups in total. The van der Waals surface area contributed by atoms with E-state index in [1.54, 1.807) is 31.3 Å². The van der Waals surface area contributed by atoms with E-state index in [4.69, 9.17) is 11.6 Å². The molecule has 2 aromatic carbocycles. The number of benzene rings is 2. The third-order valence-electron chi connectivity index (χ3n) is 6.88. The minimum atomic E-state index is -0.335. The van der Waals surface area contributed by atoms with E-state index in [1.165, 1.54) is 0 Å². The van der Waals surface area contributed by atoms with Crippen molar-refractivity contribution in [1.82, 2.24) is 16.0 Å². The highest BCUT2D eigenvalue weighted by atomic mass is 35.5. The Labute approximate surface area is 188 Å². The lowest BCUT2D eigenvalue weighted by atomic mass is 9.97. The van der Waals surface area contributed by atoms with Gasteiger partial charge in [0, 0.05) is 29.7 Å². The summed E-state index contributed by atoms with van der Waals surface area (Å²) in [6, 6.07) is 17.1. The van der Waals surface area contributed by atoms with Crippen molar-refractivity contribution in [3.8, 4) is 0 Å². The van der Waals surface area contributed by atoms with Gasteiger partial charge in [-0.25, -0.2) is 0 Å². The minimum absolute atomic E-state index is 0.00927. The molecule has 5 nitrogen and oxygen atoms in total. The van der Waals surface area contributed by atoms with Crippen LogP contribution in [0.3, 0.4) is 0 Å². The zero-order chi connectivity index (χ0) is 22.0. The number of rotatable bonds is 8. The van der Waals surface area contributed by atoms with Crippen molar-refractivity contribution >= 4 is 23.4 Å². The summed E-state index contributed by atoms with van der Waals surface area (Å²) in [5, 5.41) is 10.2. The lowest BCUT2D eigenvalue weighted by molar-refractivity contribution is -0.123. The number of carbonyl (C=O) groups excluding carboxylic acids is 2. The third-order valence-corrected chi connectivity index (χ3v) is 7.13. The molecule has 0 spiro atoms. The molecule has 6 heteroatoms. The zero-order valence-electron chi connectivity index (χ0n) is 18.0. The lowest BCUT2D eigenvalue weighted by Crippen LogP contribution is -2.42. The Morgan fingerprint density at radius 2 is 1.68 bits per heavy atom. The molecule has 2 aromatic rings. The average molecular weight is 440 g/mol. The Morgan fingerprint density at radius 1 is 1.03 bits per heavy atom. The summed E-state index contributed by atoms with van der Waals surface area (Å²) < 4.78 is 0. The maximum Gasteiger partial charge on any atom is 0.251 e.